The third kappa shape index (κ3) is 3.53. The third-order valence-corrected chi connectivity index (χ3v) is 6.78. The van der Waals surface area contributed by atoms with E-state index in [2.05, 4.69) is 41.2 Å². The second-order valence-electron chi connectivity index (χ2n) is 9.21. The quantitative estimate of drug-likeness (QED) is 0.868. The number of hydrogen-bond acceptors (Lipinski definition) is 4. The van der Waals surface area contributed by atoms with Crippen LogP contribution in [0.2, 0.25) is 0 Å². The van der Waals surface area contributed by atoms with Gasteiger partial charge in [0.25, 0.3) is 5.56 Å². The zero-order valence-corrected chi connectivity index (χ0v) is 16.6. The van der Waals surface area contributed by atoms with E-state index in [4.69, 9.17) is 0 Å². The van der Waals surface area contributed by atoms with E-state index in [-0.39, 0.29) is 5.56 Å². The highest BCUT2D eigenvalue weighted by Crippen LogP contribution is 2.42. The van der Waals surface area contributed by atoms with Gasteiger partial charge >= 0.3 is 0 Å². The molecule has 2 aliphatic heterocycles. The van der Waals surface area contributed by atoms with Crippen molar-refractivity contribution >= 4 is 0 Å². The third-order valence-electron chi connectivity index (χ3n) is 6.78. The largest absolute Gasteiger partial charge is 0.388 e. The minimum Gasteiger partial charge on any atom is -0.388 e. The van der Waals surface area contributed by atoms with Crippen molar-refractivity contribution in [3.05, 3.63) is 63.6 Å². The molecule has 1 aromatic heterocycles. The van der Waals surface area contributed by atoms with Gasteiger partial charge in [0, 0.05) is 30.6 Å². The molecular formula is C23H29N3O2. The van der Waals surface area contributed by atoms with Gasteiger partial charge in [-0.25, -0.2) is 4.68 Å². The van der Waals surface area contributed by atoms with Crippen LogP contribution >= 0.6 is 0 Å². The Morgan fingerprint density at radius 3 is 2.54 bits per heavy atom. The van der Waals surface area contributed by atoms with Crippen molar-refractivity contribution in [1.29, 1.82) is 0 Å². The monoisotopic (exact) mass is 379 g/mol. The van der Waals surface area contributed by atoms with Crippen LogP contribution in [-0.4, -0.2) is 37.5 Å². The zero-order chi connectivity index (χ0) is 19.3. The van der Waals surface area contributed by atoms with Crippen LogP contribution in [0.4, 0.5) is 0 Å². The molecule has 2 aromatic rings. The first-order chi connectivity index (χ1) is 13.5. The number of rotatable bonds is 5. The molecule has 2 saturated heterocycles. The van der Waals surface area contributed by atoms with Crippen LogP contribution in [0.3, 0.4) is 0 Å². The second-order valence-corrected chi connectivity index (χ2v) is 9.21. The van der Waals surface area contributed by atoms with Gasteiger partial charge in [-0.05, 0) is 57.1 Å². The summed E-state index contributed by atoms with van der Waals surface area (Å²) in [5, 5.41) is 15.9. The molecule has 3 aliphatic rings. The number of piperidine rings is 1. The molecule has 0 radical (unpaired) electrons. The zero-order valence-electron chi connectivity index (χ0n) is 16.6. The Balaban J connectivity index is 1.32. The summed E-state index contributed by atoms with van der Waals surface area (Å²) in [7, 11) is 0. The number of fused-ring (bicyclic) bond motifs is 2. The summed E-state index contributed by atoms with van der Waals surface area (Å²) in [5.74, 6) is 0.508. The van der Waals surface area contributed by atoms with Crippen molar-refractivity contribution in [2.24, 2.45) is 0 Å². The van der Waals surface area contributed by atoms with Crippen molar-refractivity contribution in [2.45, 2.75) is 82.1 Å². The molecule has 0 unspecified atom stereocenters. The van der Waals surface area contributed by atoms with E-state index in [1.165, 1.54) is 15.8 Å². The van der Waals surface area contributed by atoms with Crippen molar-refractivity contribution in [3.63, 3.8) is 0 Å². The fourth-order valence-corrected chi connectivity index (χ4v) is 5.28. The lowest BCUT2D eigenvalue weighted by Crippen LogP contribution is -2.53. The SMILES string of the molecule is Cc1cccc(CN2[C@@H]3CC[C@@H]2CC(O)(Cn2nc(C4CC4)ccc2=O)C3)c1. The summed E-state index contributed by atoms with van der Waals surface area (Å²) in [6, 6.07) is 12.9. The Morgan fingerprint density at radius 2 is 1.86 bits per heavy atom. The highest BCUT2D eigenvalue weighted by atomic mass is 16.3. The van der Waals surface area contributed by atoms with Gasteiger partial charge in [0.2, 0.25) is 0 Å². The van der Waals surface area contributed by atoms with Crippen LogP contribution < -0.4 is 5.56 Å². The number of benzene rings is 1. The topological polar surface area (TPSA) is 58.4 Å². The average Bonchev–Trinajstić information content (AvgIpc) is 3.45. The second kappa shape index (κ2) is 6.82. The lowest BCUT2D eigenvalue weighted by Gasteiger charge is -2.44. The van der Waals surface area contributed by atoms with Gasteiger partial charge < -0.3 is 5.11 Å². The first-order valence-electron chi connectivity index (χ1n) is 10.6. The maximum absolute atomic E-state index is 12.3. The number of aryl methyl sites for hydroxylation is 1. The average molecular weight is 380 g/mol. The van der Waals surface area contributed by atoms with Gasteiger partial charge in [-0.1, -0.05) is 29.8 Å². The minimum atomic E-state index is -0.839. The van der Waals surface area contributed by atoms with Crippen LogP contribution in [0.5, 0.6) is 0 Å². The predicted octanol–water partition coefficient (Wildman–Crippen LogP) is 2.99. The smallest absolute Gasteiger partial charge is 0.266 e. The predicted molar refractivity (Wildman–Crippen MR) is 108 cm³/mol. The van der Waals surface area contributed by atoms with Crippen LogP contribution in [-0.2, 0) is 13.1 Å². The molecule has 2 atom stereocenters. The van der Waals surface area contributed by atoms with Crippen LogP contribution in [0.1, 0.15) is 61.3 Å². The summed E-state index contributed by atoms with van der Waals surface area (Å²) in [6.07, 6.45) is 6.02. The molecule has 148 valence electrons. The number of aromatic nitrogens is 2. The number of aliphatic hydroxyl groups is 1. The maximum atomic E-state index is 12.3. The minimum absolute atomic E-state index is 0.104. The van der Waals surface area contributed by atoms with Gasteiger partial charge in [-0.15, -0.1) is 0 Å². The molecule has 28 heavy (non-hydrogen) atoms. The van der Waals surface area contributed by atoms with Crippen LogP contribution in [0, 0.1) is 6.92 Å². The van der Waals surface area contributed by atoms with Gasteiger partial charge in [0.1, 0.15) is 0 Å². The van der Waals surface area contributed by atoms with E-state index in [9.17, 15) is 9.90 Å². The lowest BCUT2D eigenvalue weighted by molar-refractivity contribution is -0.0678. The van der Waals surface area contributed by atoms with Crippen LogP contribution in [0.15, 0.2) is 41.2 Å². The standard InChI is InChI=1S/C23H29N3O2/c1-16-3-2-4-17(11-16)14-25-19-7-8-20(25)13-23(28,12-19)15-26-22(27)10-9-21(24-26)18-5-6-18/h2-4,9-11,18-20,28H,5-8,12-15H2,1H3/t19-,20-/m1/s1. The Labute approximate surface area is 166 Å². The molecular weight excluding hydrogens is 350 g/mol. The molecule has 1 aromatic carbocycles. The Kier molecular flexibility index (Phi) is 4.40. The van der Waals surface area contributed by atoms with E-state index >= 15 is 0 Å². The Morgan fingerprint density at radius 1 is 1.11 bits per heavy atom. The van der Waals surface area contributed by atoms with Crippen molar-refractivity contribution in [3.8, 4) is 0 Å². The summed E-state index contributed by atoms with van der Waals surface area (Å²) >= 11 is 0. The fraction of sp³-hybridized carbons (Fsp3) is 0.565. The van der Waals surface area contributed by atoms with E-state index in [1.54, 1.807) is 6.07 Å². The number of nitrogens with zero attached hydrogens (tertiary/aromatic N) is 3. The van der Waals surface area contributed by atoms with E-state index < -0.39 is 5.60 Å². The first kappa shape index (κ1) is 18.1. The van der Waals surface area contributed by atoms with Gasteiger partial charge in [0.15, 0.2) is 0 Å². The molecule has 3 fully saturated rings. The van der Waals surface area contributed by atoms with Gasteiger partial charge in [-0.3, -0.25) is 9.69 Å². The van der Waals surface area contributed by atoms with E-state index in [0.29, 0.717) is 24.5 Å². The Bertz CT molecular complexity index is 919. The highest BCUT2D eigenvalue weighted by Gasteiger charge is 2.47. The van der Waals surface area contributed by atoms with E-state index in [1.807, 2.05) is 6.07 Å². The lowest BCUT2D eigenvalue weighted by atomic mass is 9.85. The first-order valence-corrected chi connectivity index (χ1v) is 10.6. The summed E-state index contributed by atoms with van der Waals surface area (Å²) in [4.78, 5) is 14.9. The highest BCUT2D eigenvalue weighted by molar-refractivity contribution is 5.23. The van der Waals surface area contributed by atoms with E-state index in [0.717, 1.165) is 50.8 Å². The maximum Gasteiger partial charge on any atom is 0.266 e. The molecule has 5 rings (SSSR count). The molecule has 1 N–H and O–H groups in total. The van der Waals surface area contributed by atoms with Crippen LogP contribution in [0.25, 0.3) is 0 Å². The molecule has 0 spiro atoms. The normalized spacial score (nSPS) is 29.9. The van der Waals surface area contributed by atoms with Crippen molar-refractivity contribution < 1.29 is 5.11 Å². The fourth-order valence-electron chi connectivity index (χ4n) is 5.28. The summed E-state index contributed by atoms with van der Waals surface area (Å²) in [5.41, 5.74) is 2.70. The summed E-state index contributed by atoms with van der Waals surface area (Å²) in [6.45, 7) is 3.40. The summed E-state index contributed by atoms with van der Waals surface area (Å²) < 4.78 is 1.52. The number of hydrogen-bond donors (Lipinski definition) is 1. The molecule has 1 saturated carbocycles. The molecule has 2 bridgehead atoms. The molecule has 0 amide bonds. The van der Waals surface area contributed by atoms with Gasteiger partial charge in [0.05, 0.1) is 17.8 Å². The molecule has 5 nitrogen and oxygen atoms in total. The van der Waals surface area contributed by atoms with Gasteiger partial charge in [-0.2, -0.15) is 5.10 Å². The Hall–Kier alpha value is -1.98. The van der Waals surface area contributed by atoms with Crippen molar-refractivity contribution in [1.82, 2.24) is 14.7 Å². The molecule has 5 heteroatoms. The molecule has 1 aliphatic carbocycles. The molecule has 3 heterocycles. The van der Waals surface area contributed by atoms with Crippen molar-refractivity contribution in [2.75, 3.05) is 0 Å².